The molecule has 4 atom stereocenters. The van der Waals surface area contributed by atoms with Crippen molar-refractivity contribution in [3.8, 4) is 11.3 Å². The molecule has 0 amide bonds. The van der Waals surface area contributed by atoms with Gasteiger partial charge in [-0.1, -0.05) is 30.3 Å². The molecule has 0 bridgehead atoms. The number of nitrogen functional groups attached to an aromatic ring is 1. The van der Waals surface area contributed by atoms with Gasteiger partial charge >= 0.3 is 0 Å². The highest BCUT2D eigenvalue weighted by Crippen LogP contribution is 2.40. The van der Waals surface area contributed by atoms with Crippen LogP contribution in [0.15, 0.2) is 48.9 Å². The summed E-state index contributed by atoms with van der Waals surface area (Å²) in [6.07, 6.45) is 1.75. The van der Waals surface area contributed by atoms with Gasteiger partial charge in [-0.25, -0.2) is 4.98 Å². The third-order valence-corrected chi connectivity index (χ3v) is 5.59. The summed E-state index contributed by atoms with van der Waals surface area (Å²) in [5.41, 5.74) is 8.49. The Balaban J connectivity index is 1.48. The summed E-state index contributed by atoms with van der Waals surface area (Å²) >= 11 is 5.94. The summed E-state index contributed by atoms with van der Waals surface area (Å²) in [7, 11) is 0. The second-order valence-electron chi connectivity index (χ2n) is 7.10. The van der Waals surface area contributed by atoms with Gasteiger partial charge < -0.3 is 20.5 Å². The van der Waals surface area contributed by atoms with E-state index in [-0.39, 0.29) is 11.1 Å². The Morgan fingerprint density at radius 2 is 1.79 bits per heavy atom. The van der Waals surface area contributed by atoms with E-state index in [4.69, 9.17) is 17.3 Å². The summed E-state index contributed by atoms with van der Waals surface area (Å²) in [5.74, 6) is 0.169. The second-order valence-corrected chi connectivity index (χ2v) is 7.44. The van der Waals surface area contributed by atoms with E-state index in [2.05, 4.69) is 20.1 Å². The second kappa shape index (κ2) is 6.80. The van der Waals surface area contributed by atoms with Crippen LogP contribution in [0.1, 0.15) is 18.5 Å². The number of aliphatic hydroxyl groups excluding tert-OH is 2. The first-order valence-electron chi connectivity index (χ1n) is 9.15. The van der Waals surface area contributed by atoms with E-state index < -0.39 is 24.3 Å². The molecule has 1 aliphatic carbocycles. The fourth-order valence-electron chi connectivity index (χ4n) is 3.96. The number of imidazole rings is 1. The highest BCUT2D eigenvalue weighted by atomic mass is 35.5. The lowest BCUT2D eigenvalue weighted by molar-refractivity contribution is 0.00726. The quantitative estimate of drug-likeness (QED) is 0.439. The van der Waals surface area contributed by atoms with Crippen molar-refractivity contribution < 1.29 is 10.2 Å². The van der Waals surface area contributed by atoms with Crippen LogP contribution in [-0.2, 0) is 0 Å². The predicted octanol–water partition coefficient (Wildman–Crippen LogP) is 1.83. The number of hydrogen-bond donors (Lipinski definition) is 3. The Morgan fingerprint density at radius 3 is 2.59 bits per heavy atom. The molecule has 4 N–H and O–H groups in total. The number of halogens is 1. The molecule has 1 saturated carbocycles. The zero-order chi connectivity index (χ0) is 20.1. The maximum absolute atomic E-state index is 10.7. The molecule has 1 aliphatic rings. The average Bonchev–Trinajstić information content (AvgIpc) is 3.42. The number of fused-ring (bicyclic) bond motifs is 1. The molecule has 0 spiro atoms. The molecule has 9 nitrogen and oxygen atoms in total. The zero-order valence-electron chi connectivity index (χ0n) is 15.2. The lowest BCUT2D eigenvalue weighted by atomic mass is 10.2. The van der Waals surface area contributed by atoms with Gasteiger partial charge in [0.05, 0.1) is 24.1 Å². The van der Waals surface area contributed by atoms with Crippen LogP contribution in [0.4, 0.5) is 5.82 Å². The van der Waals surface area contributed by atoms with E-state index in [9.17, 15) is 10.2 Å². The zero-order valence-corrected chi connectivity index (χ0v) is 15.9. The fraction of sp³-hybridized carbons (Fsp3) is 0.263. The number of anilines is 1. The SMILES string of the molecule is Nc1nc(Cl)nc2c1ncn2[C@@H]1C[C@H](n2ccc(-c3ccccc3)n2)[C@@H](O)[C@H]1O. The van der Waals surface area contributed by atoms with Crippen LogP contribution in [0, 0.1) is 0 Å². The van der Waals surface area contributed by atoms with Crippen LogP contribution < -0.4 is 5.73 Å². The van der Waals surface area contributed by atoms with Crippen LogP contribution >= 0.6 is 11.6 Å². The number of aliphatic hydroxyl groups is 2. The van der Waals surface area contributed by atoms with Crippen molar-refractivity contribution in [2.75, 3.05) is 5.73 Å². The van der Waals surface area contributed by atoms with Gasteiger partial charge in [0.25, 0.3) is 0 Å². The van der Waals surface area contributed by atoms with Crippen LogP contribution in [0.25, 0.3) is 22.4 Å². The Hall–Kier alpha value is -3.01. The molecule has 0 aliphatic heterocycles. The maximum atomic E-state index is 10.7. The number of aromatic nitrogens is 6. The highest BCUT2D eigenvalue weighted by Gasteiger charge is 2.44. The third-order valence-electron chi connectivity index (χ3n) is 5.42. The summed E-state index contributed by atoms with van der Waals surface area (Å²) in [6.45, 7) is 0. The largest absolute Gasteiger partial charge is 0.388 e. The summed E-state index contributed by atoms with van der Waals surface area (Å²) in [4.78, 5) is 12.3. The molecule has 29 heavy (non-hydrogen) atoms. The number of nitrogens with two attached hydrogens (primary N) is 1. The molecule has 4 aromatic rings. The molecule has 1 fully saturated rings. The van der Waals surface area contributed by atoms with Crippen molar-refractivity contribution in [1.82, 2.24) is 29.3 Å². The highest BCUT2D eigenvalue weighted by molar-refractivity contribution is 6.28. The van der Waals surface area contributed by atoms with Gasteiger partial charge in [-0.3, -0.25) is 4.68 Å². The van der Waals surface area contributed by atoms with Gasteiger partial charge in [-0.2, -0.15) is 15.1 Å². The first kappa shape index (κ1) is 18.0. The number of benzene rings is 1. The third kappa shape index (κ3) is 2.94. The van der Waals surface area contributed by atoms with E-state index >= 15 is 0 Å². The van der Waals surface area contributed by atoms with Crippen LogP contribution in [0.5, 0.6) is 0 Å². The van der Waals surface area contributed by atoms with Gasteiger partial charge in [0.15, 0.2) is 11.5 Å². The molecular weight excluding hydrogens is 394 g/mol. The summed E-state index contributed by atoms with van der Waals surface area (Å²) in [5, 5.41) is 26.1. The van der Waals surface area contributed by atoms with Gasteiger partial charge in [-0.15, -0.1) is 0 Å². The number of hydrogen-bond acceptors (Lipinski definition) is 7. The van der Waals surface area contributed by atoms with E-state index in [1.807, 2.05) is 42.6 Å². The van der Waals surface area contributed by atoms with E-state index in [0.717, 1.165) is 11.3 Å². The van der Waals surface area contributed by atoms with Crippen LogP contribution in [-0.4, -0.2) is 51.7 Å². The van der Waals surface area contributed by atoms with Gasteiger partial charge in [0, 0.05) is 11.8 Å². The topological polar surface area (TPSA) is 128 Å². The first-order valence-corrected chi connectivity index (χ1v) is 9.53. The molecule has 0 unspecified atom stereocenters. The molecule has 5 rings (SSSR count). The minimum absolute atomic E-state index is 0.000847. The minimum Gasteiger partial charge on any atom is -0.388 e. The molecule has 10 heteroatoms. The predicted molar refractivity (Wildman–Crippen MR) is 107 cm³/mol. The monoisotopic (exact) mass is 411 g/mol. The number of rotatable bonds is 3. The Bertz CT molecular complexity index is 1180. The van der Waals surface area contributed by atoms with E-state index in [1.54, 1.807) is 9.25 Å². The normalized spacial score (nSPS) is 24.4. The maximum Gasteiger partial charge on any atom is 0.226 e. The Labute approximate surface area is 170 Å². The summed E-state index contributed by atoms with van der Waals surface area (Å²) < 4.78 is 3.39. The Kier molecular flexibility index (Phi) is 4.23. The molecule has 148 valence electrons. The molecular formula is C19H18ClN7O2. The lowest BCUT2D eigenvalue weighted by Gasteiger charge is -2.18. The van der Waals surface area contributed by atoms with Gasteiger partial charge in [-0.05, 0) is 24.1 Å². The Morgan fingerprint density at radius 1 is 1.03 bits per heavy atom. The van der Waals surface area contributed by atoms with Crippen molar-refractivity contribution in [2.24, 2.45) is 0 Å². The molecule has 1 aromatic carbocycles. The van der Waals surface area contributed by atoms with Gasteiger partial charge in [0.1, 0.15) is 17.7 Å². The molecule has 0 saturated heterocycles. The molecule has 3 aromatic heterocycles. The van der Waals surface area contributed by atoms with Gasteiger partial charge in [0.2, 0.25) is 5.28 Å². The van der Waals surface area contributed by atoms with Crippen molar-refractivity contribution in [3.63, 3.8) is 0 Å². The molecule has 3 heterocycles. The van der Waals surface area contributed by atoms with Crippen molar-refractivity contribution in [3.05, 3.63) is 54.2 Å². The first-order chi connectivity index (χ1) is 14.0. The minimum atomic E-state index is -1.03. The van der Waals surface area contributed by atoms with E-state index in [0.29, 0.717) is 17.6 Å². The average molecular weight is 412 g/mol. The lowest BCUT2D eigenvalue weighted by Crippen LogP contribution is -2.30. The van der Waals surface area contributed by atoms with Crippen molar-refractivity contribution in [1.29, 1.82) is 0 Å². The standard InChI is InChI=1S/C19H18ClN7O2/c20-19-23-17(21)14-18(24-19)26(9-22-14)12-8-13(16(29)15(12)28)27-7-6-11(25-27)10-4-2-1-3-5-10/h1-7,9,12-13,15-16,28-29H,8H2,(H2,21,23,24)/t12-,13+,15+,16-/m1/s1. The summed E-state index contributed by atoms with van der Waals surface area (Å²) in [6, 6.07) is 10.8. The number of nitrogens with zero attached hydrogens (tertiary/aromatic N) is 6. The van der Waals surface area contributed by atoms with E-state index in [1.165, 1.54) is 6.33 Å². The molecule has 0 radical (unpaired) electrons. The van der Waals surface area contributed by atoms with Crippen LogP contribution in [0.3, 0.4) is 0 Å². The van der Waals surface area contributed by atoms with Crippen molar-refractivity contribution >= 4 is 28.6 Å². The smallest absolute Gasteiger partial charge is 0.226 e. The van der Waals surface area contributed by atoms with Crippen molar-refractivity contribution in [2.45, 2.75) is 30.7 Å². The fourth-order valence-corrected chi connectivity index (χ4v) is 4.13. The van der Waals surface area contributed by atoms with Crippen LogP contribution in [0.2, 0.25) is 5.28 Å².